The van der Waals surface area contributed by atoms with Crippen LogP contribution >= 0.6 is 0 Å². The van der Waals surface area contributed by atoms with Crippen LogP contribution in [0.25, 0.3) is 0 Å². The summed E-state index contributed by atoms with van der Waals surface area (Å²) >= 11 is 0. The summed E-state index contributed by atoms with van der Waals surface area (Å²) in [5, 5.41) is 9.00. The highest BCUT2D eigenvalue weighted by atomic mass is 16.5. The van der Waals surface area contributed by atoms with Gasteiger partial charge in [0.25, 0.3) is 6.47 Å². The van der Waals surface area contributed by atoms with E-state index in [-0.39, 0.29) is 6.54 Å². The van der Waals surface area contributed by atoms with E-state index in [1.807, 2.05) is 4.90 Å². The van der Waals surface area contributed by atoms with Gasteiger partial charge in [-0.05, 0) is 0 Å². The zero-order chi connectivity index (χ0) is 15.8. The Labute approximate surface area is 131 Å². The quantitative estimate of drug-likeness (QED) is 0.611. The van der Waals surface area contributed by atoms with Crippen LogP contribution in [0.4, 0.5) is 0 Å². The number of fused-ring (bicyclic) bond motifs is 3. The summed E-state index contributed by atoms with van der Waals surface area (Å²) in [7, 11) is 0. The van der Waals surface area contributed by atoms with Crippen molar-refractivity contribution in [1.82, 2.24) is 19.6 Å². The number of carboxylic acid groups (broad SMARTS) is 1. The summed E-state index contributed by atoms with van der Waals surface area (Å²) in [5.41, 5.74) is 0. The van der Waals surface area contributed by atoms with Crippen LogP contribution in [0.3, 0.4) is 0 Å². The summed E-state index contributed by atoms with van der Waals surface area (Å²) in [6, 6.07) is 0. The Balaban J connectivity index is 1.95. The van der Waals surface area contributed by atoms with Crippen molar-refractivity contribution in [3.05, 3.63) is 0 Å². The van der Waals surface area contributed by atoms with Crippen LogP contribution in [-0.4, -0.2) is 116 Å². The topological polar surface area (TPSA) is 76.6 Å². The Morgan fingerprint density at radius 2 is 1.32 bits per heavy atom. The number of carbonyl (C=O) groups is 2. The van der Waals surface area contributed by atoms with Gasteiger partial charge in [0.1, 0.15) is 6.73 Å². The highest BCUT2D eigenvalue weighted by molar-refractivity contribution is 5.69. The van der Waals surface area contributed by atoms with Crippen molar-refractivity contribution in [3.63, 3.8) is 0 Å². The number of carboxylic acids is 1. The molecule has 22 heavy (non-hydrogen) atoms. The maximum absolute atomic E-state index is 10.9. The minimum absolute atomic E-state index is 0.112. The van der Waals surface area contributed by atoms with Gasteiger partial charge in [0.2, 0.25) is 0 Å². The average molecular weight is 314 g/mol. The van der Waals surface area contributed by atoms with Crippen LogP contribution in [0.1, 0.15) is 0 Å². The van der Waals surface area contributed by atoms with Crippen molar-refractivity contribution in [3.8, 4) is 0 Å². The summed E-state index contributed by atoms with van der Waals surface area (Å²) in [4.78, 5) is 30.2. The third-order valence-electron chi connectivity index (χ3n) is 4.35. The van der Waals surface area contributed by atoms with Crippen molar-refractivity contribution >= 4 is 12.4 Å². The molecule has 0 aromatic carbocycles. The Bertz CT molecular complexity index is 349. The molecule has 126 valence electrons. The van der Waals surface area contributed by atoms with Crippen molar-refractivity contribution in [2.75, 3.05) is 78.7 Å². The fourth-order valence-electron chi connectivity index (χ4n) is 2.92. The first kappa shape index (κ1) is 17.1. The smallest absolute Gasteiger partial charge is 0.317 e. The van der Waals surface area contributed by atoms with E-state index in [0.29, 0.717) is 13.2 Å². The lowest BCUT2D eigenvalue weighted by Gasteiger charge is -2.28. The molecule has 2 aliphatic rings. The molecule has 0 aromatic heterocycles. The zero-order valence-corrected chi connectivity index (χ0v) is 13.0. The van der Waals surface area contributed by atoms with Gasteiger partial charge in [-0.3, -0.25) is 29.2 Å². The molecule has 0 aliphatic carbocycles. The van der Waals surface area contributed by atoms with E-state index in [9.17, 15) is 9.59 Å². The van der Waals surface area contributed by atoms with Crippen LogP contribution in [0.5, 0.6) is 0 Å². The SMILES string of the molecule is O=COCN1CCN2CCN(CC1)CCN(CC(=O)O)CC2. The molecule has 2 unspecified atom stereocenters. The zero-order valence-electron chi connectivity index (χ0n) is 13.0. The van der Waals surface area contributed by atoms with Crippen LogP contribution in [0, 0.1) is 0 Å². The lowest BCUT2D eigenvalue weighted by atomic mass is 10.3. The number of nitrogens with zero attached hydrogens (tertiary/aromatic N) is 4. The summed E-state index contributed by atoms with van der Waals surface area (Å²) < 4.78 is 4.88. The Kier molecular flexibility index (Phi) is 7.04. The molecule has 0 saturated carbocycles. The van der Waals surface area contributed by atoms with Crippen LogP contribution in [-0.2, 0) is 14.3 Å². The molecule has 2 aliphatic heterocycles. The average Bonchev–Trinajstić information content (AvgIpc) is 2.64. The molecular weight excluding hydrogens is 288 g/mol. The number of ether oxygens (including phenoxy) is 1. The van der Waals surface area contributed by atoms with Crippen molar-refractivity contribution in [1.29, 1.82) is 0 Å². The van der Waals surface area contributed by atoms with E-state index in [1.165, 1.54) is 0 Å². The highest BCUT2D eigenvalue weighted by Crippen LogP contribution is 2.04. The maximum Gasteiger partial charge on any atom is 0.317 e. The van der Waals surface area contributed by atoms with Gasteiger partial charge in [-0.1, -0.05) is 0 Å². The van der Waals surface area contributed by atoms with E-state index in [4.69, 9.17) is 9.84 Å². The van der Waals surface area contributed by atoms with Gasteiger partial charge < -0.3 is 9.84 Å². The first-order valence-electron chi connectivity index (χ1n) is 7.84. The summed E-state index contributed by atoms with van der Waals surface area (Å²) in [6.45, 7) is 9.83. The second kappa shape index (κ2) is 9.04. The largest absolute Gasteiger partial charge is 0.480 e. The number of hydrogen-bond donors (Lipinski definition) is 1. The van der Waals surface area contributed by atoms with E-state index in [0.717, 1.165) is 65.4 Å². The number of carbonyl (C=O) groups excluding carboxylic acids is 1. The molecule has 0 radical (unpaired) electrons. The molecule has 2 rings (SSSR count). The van der Waals surface area contributed by atoms with E-state index in [1.54, 1.807) is 0 Å². The molecule has 2 atom stereocenters. The van der Waals surface area contributed by atoms with E-state index < -0.39 is 5.97 Å². The monoisotopic (exact) mass is 314 g/mol. The van der Waals surface area contributed by atoms with Gasteiger partial charge >= 0.3 is 5.97 Å². The molecule has 8 heteroatoms. The fourth-order valence-corrected chi connectivity index (χ4v) is 2.92. The number of aliphatic carboxylic acids is 1. The molecule has 1 N–H and O–H groups in total. The molecule has 2 saturated heterocycles. The molecule has 8 nitrogen and oxygen atoms in total. The lowest BCUT2D eigenvalue weighted by molar-refractivity contribution is -0.138. The normalized spacial score (nSPS) is 28.5. The van der Waals surface area contributed by atoms with Crippen molar-refractivity contribution in [2.45, 2.75) is 0 Å². The Morgan fingerprint density at radius 1 is 0.864 bits per heavy atom. The molecule has 0 amide bonds. The third kappa shape index (κ3) is 5.88. The predicted molar refractivity (Wildman–Crippen MR) is 80.5 cm³/mol. The summed E-state index contributed by atoms with van der Waals surface area (Å²) in [5.74, 6) is -0.762. The first-order valence-corrected chi connectivity index (χ1v) is 7.84. The van der Waals surface area contributed by atoms with Crippen LogP contribution in [0.15, 0.2) is 0 Å². The molecular formula is C14H26N4O4. The standard InChI is InChI=1S/C14H26N4O4/c19-13-22-12-18-9-5-15-1-2-16(6-10-18)4-8-17(7-3-15)11-14(20)21/h13H,1-12H2,(H,20,21). The minimum Gasteiger partial charge on any atom is -0.480 e. The van der Waals surface area contributed by atoms with E-state index >= 15 is 0 Å². The number of hydrogen-bond acceptors (Lipinski definition) is 7. The molecule has 2 bridgehead atoms. The molecule has 2 heterocycles. The van der Waals surface area contributed by atoms with Gasteiger partial charge in [0, 0.05) is 65.4 Å². The molecule has 0 spiro atoms. The predicted octanol–water partition coefficient (Wildman–Crippen LogP) is -1.56. The van der Waals surface area contributed by atoms with Crippen molar-refractivity contribution < 1.29 is 19.4 Å². The minimum atomic E-state index is -0.762. The molecule has 2 fully saturated rings. The van der Waals surface area contributed by atoms with Crippen molar-refractivity contribution in [2.24, 2.45) is 0 Å². The Morgan fingerprint density at radius 3 is 1.77 bits per heavy atom. The highest BCUT2D eigenvalue weighted by Gasteiger charge is 2.20. The van der Waals surface area contributed by atoms with Crippen LogP contribution < -0.4 is 0 Å². The molecule has 0 aromatic rings. The second-order valence-electron chi connectivity index (χ2n) is 5.86. The first-order chi connectivity index (χ1) is 10.7. The summed E-state index contributed by atoms with van der Waals surface area (Å²) in [6.07, 6.45) is 0. The van der Waals surface area contributed by atoms with Gasteiger partial charge in [-0.2, -0.15) is 0 Å². The van der Waals surface area contributed by atoms with Gasteiger partial charge in [0.05, 0.1) is 6.54 Å². The number of rotatable bonds is 5. The van der Waals surface area contributed by atoms with E-state index in [2.05, 4.69) is 14.7 Å². The third-order valence-corrected chi connectivity index (χ3v) is 4.35. The maximum atomic E-state index is 10.9. The lowest BCUT2D eigenvalue weighted by Crippen LogP contribution is -2.43. The Hall–Kier alpha value is -1.22. The van der Waals surface area contributed by atoms with Gasteiger partial charge in [0.15, 0.2) is 0 Å². The second-order valence-corrected chi connectivity index (χ2v) is 5.86. The fraction of sp³-hybridized carbons (Fsp3) is 0.857. The van der Waals surface area contributed by atoms with Gasteiger partial charge in [-0.25, -0.2) is 0 Å². The van der Waals surface area contributed by atoms with Crippen LogP contribution in [0.2, 0.25) is 0 Å². The van der Waals surface area contributed by atoms with Gasteiger partial charge in [-0.15, -0.1) is 0 Å².